The molecular formula is C13H9N3O2S2. The zero-order valence-electron chi connectivity index (χ0n) is 10.2. The molecule has 0 bridgehead atoms. The molecule has 0 fully saturated rings. The Morgan fingerprint density at radius 1 is 1.25 bits per heavy atom. The number of aromatic amines is 1. The highest BCUT2D eigenvalue weighted by molar-refractivity contribution is 7.71. The van der Waals surface area contributed by atoms with Crippen LogP contribution in [0.3, 0.4) is 0 Å². The summed E-state index contributed by atoms with van der Waals surface area (Å²) in [6, 6.07) is 9.73. The Labute approximate surface area is 123 Å². The predicted octanol–water partition coefficient (Wildman–Crippen LogP) is 3.39. The van der Waals surface area contributed by atoms with Crippen LogP contribution < -0.4 is 9.47 Å². The van der Waals surface area contributed by atoms with E-state index in [0.29, 0.717) is 4.77 Å². The molecule has 0 aliphatic carbocycles. The van der Waals surface area contributed by atoms with Gasteiger partial charge < -0.3 is 9.47 Å². The summed E-state index contributed by atoms with van der Waals surface area (Å²) in [5.41, 5.74) is 0.899. The van der Waals surface area contributed by atoms with Crippen LogP contribution in [0.5, 0.6) is 11.5 Å². The predicted molar refractivity (Wildman–Crippen MR) is 78.2 cm³/mol. The third kappa shape index (κ3) is 1.75. The average Bonchev–Trinajstić information content (AvgIpc) is 3.17. The van der Waals surface area contributed by atoms with Gasteiger partial charge in [-0.2, -0.15) is 5.10 Å². The Morgan fingerprint density at radius 2 is 2.15 bits per heavy atom. The lowest BCUT2D eigenvalue weighted by atomic mass is 10.2. The first-order valence-electron chi connectivity index (χ1n) is 5.94. The molecular weight excluding hydrogens is 294 g/mol. The molecule has 0 saturated carbocycles. The summed E-state index contributed by atoms with van der Waals surface area (Å²) in [5.74, 6) is 2.27. The van der Waals surface area contributed by atoms with Crippen LogP contribution in [0, 0.1) is 4.77 Å². The molecule has 1 aliphatic rings. The van der Waals surface area contributed by atoms with Crippen molar-refractivity contribution in [3.05, 3.63) is 40.5 Å². The van der Waals surface area contributed by atoms with Crippen LogP contribution in [-0.2, 0) is 0 Å². The fourth-order valence-corrected chi connectivity index (χ4v) is 3.07. The van der Waals surface area contributed by atoms with Gasteiger partial charge in [0.2, 0.25) is 6.79 Å². The number of thiophene rings is 1. The highest BCUT2D eigenvalue weighted by atomic mass is 32.1. The molecule has 2 aromatic heterocycles. The lowest BCUT2D eigenvalue weighted by Crippen LogP contribution is -1.96. The molecule has 20 heavy (non-hydrogen) atoms. The van der Waals surface area contributed by atoms with E-state index in [1.54, 1.807) is 11.3 Å². The van der Waals surface area contributed by atoms with Crippen molar-refractivity contribution >= 4 is 23.6 Å². The summed E-state index contributed by atoms with van der Waals surface area (Å²) >= 11 is 6.95. The first kappa shape index (κ1) is 11.7. The molecule has 0 unspecified atom stereocenters. The summed E-state index contributed by atoms with van der Waals surface area (Å²) in [6.45, 7) is 0.257. The molecule has 0 saturated heterocycles. The monoisotopic (exact) mass is 303 g/mol. The van der Waals surface area contributed by atoms with Gasteiger partial charge in [0.05, 0.1) is 10.6 Å². The van der Waals surface area contributed by atoms with Crippen LogP contribution in [0.1, 0.15) is 0 Å². The number of nitrogens with one attached hydrogen (secondary N) is 1. The number of rotatable bonds is 2. The number of hydrogen-bond acceptors (Lipinski definition) is 5. The Hall–Kier alpha value is -2.12. The van der Waals surface area contributed by atoms with E-state index in [4.69, 9.17) is 21.7 Å². The van der Waals surface area contributed by atoms with Crippen molar-refractivity contribution in [2.45, 2.75) is 0 Å². The molecule has 3 aromatic rings. The van der Waals surface area contributed by atoms with Gasteiger partial charge in [-0.05, 0) is 35.8 Å². The molecule has 4 rings (SSSR count). The fourth-order valence-electron chi connectivity index (χ4n) is 2.13. The van der Waals surface area contributed by atoms with E-state index in [1.807, 2.05) is 40.3 Å². The van der Waals surface area contributed by atoms with Gasteiger partial charge in [0.1, 0.15) is 0 Å². The number of nitrogens with zero attached hydrogens (tertiary/aromatic N) is 2. The standard InChI is InChI=1S/C13H9N3O2S2/c19-13-15-14-12(11-2-1-5-20-11)16(13)8-3-4-9-10(6-8)18-7-17-9/h1-6H,7H2,(H,15,19). The molecule has 0 spiro atoms. The molecule has 1 aliphatic heterocycles. The Kier molecular flexibility index (Phi) is 2.61. The lowest BCUT2D eigenvalue weighted by Gasteiger charge is -2.06. The normalized spacial score (nSPS) is 12.8. The van der Waals surface area contributed by atoms with E-state index in [-0.39, 0.29) is 6.79 Å². The quantitative estimate of drug-likeness (QED) is 0.737. The topological polar surface area (TPSA) is 52.1 Å². The van der Waals surface area contributed by atoms with Crippen molar-refractivity contribution in [3.63, 3.8) is 0 Å². The first-order chi connectivity index (χ1) is 9.83. The van der Waals surface area contributed by atoms with Crippen molar-refractivity contribution in [3.8, 4) is 27.9 Å². The minimum Gasteiger partial charge on any atom is -0.454 e. The van der Waals surface area contributed by atoms with Crippen molar-refractivity contribution in [2.75, 3.05) is 6.79 Å². The molecule has 0 radical (unpaired) electrons. The van der Waals surface area contributed by atoms with Crippen LogP contribution in [0.4, 0.5) is 0 Å². The van der Waals surface area contributed by atoms with E-state index < -0.39 is 0 Å². The van der Waals surface area contributed by atoms with E-state index in [2.05, 4.69) is 10.2 Å². The third-order valence-corrected chi connectivity index (χ3v) is 4.17. The summed E-state index contributed by atoms with van der Waals surface area (Å²) in [6.07, 6.45) is 0. The first-order valence-corrected chi connectivity index (χ1v) is 7.23. The maximum Gasteiger partial charge on any atom is 0.231 e. The van der Waals surface area contributed by atoms with Gasteiger partial charge in [0, 0.05) is 6.07 Å². The van der Waals surface area contributed by atoms with E-state index in [9.17, 15) is 0 Å². The number of fused-ring (bicyclic) bond motifs is 1. The van der Waals surface area contributed by atoms with Crippen molar-refractivity contribution in [2.24, 2.45) is 0 Å². The van der Waals surface area contributed by atoms with Crippen LogP contribution in [0.15, 0.2) is 35.7 Å². The molecule has 100 valence electrons. The SMILES string of the molecule is S=c1[nH]nc(-c2cccs2)n1-c1ccc2c(c1)OCO2. The Morgan fingerprint density at radius 3 is 3.00 bits per heavy atom. The van der Waals surface area contributed by atoms with Gasteiger partial charge in [-0.25, -0.2) is 0 Å². The van der Waals surface area contributed by atoms with Gasteiger partial charge in [-0.15, -0.1) is 11.3 Å². The summed E-state index contributed by atoms with van der Waals surface area (Å²) in [4.78, 5) is 1.05. The van der Waals surface area contributed by atoms with Gasteiger partial charge in [-0.3, -0.25) is 9.67 Å². The second-order valence-corrected chi connectivity index (χ2v) is 5.54. The Balaban J connectivity index is 1.91. The maximum absolute atomic E-state index is 5.41. The molecule has 1 N–H and O–H groups in total. The van der Waals surface area contributed by atoms with E-state index in [1.165, 1.54) is 0 Å². The van der Waals surface area contributed by atoms with Gasteiger partial charge in [0.25, 0.3) is 0 Å². The van der Waals surface area contributed by atoms with Crippen LogP contribution in [0.25, 0.3) is 16.4 Å². The van der Waals surface area contributed by atoms with Crippen LogP contribution >= 0.6 is 23.6 Å². The minimum atomic E-state index is 0.257. The number of hydrogen-bond donors (Lipinski definition) is 1. The summed E-state index contributed by atoms with van der Waals surface area (Å²) in [7, 11) is 0. The molecule has 3 heterocycles. The molecule has 1 aromatic carbocycles. The number of benzene rings is 1. The van der Waals surface area contributed by atoms with Gasteiger partial charge >= 0.3 is 0 Å². The fraction of sp³-hybridized carbons (Fsp3) is 0.0769. The van der Waals surface area contributed by atoms with Crippen LogP contribution in [-0.4, -0.2) is 21.6 Å². The largest absolute Gasteiger partial charge is 0.454 e. The van der Waals surface area contributed by atoms with Gasteiger partial charge in [0.15, 0.2) is 22.1 Å². The smallest absolute Gasteiger partial charge is 0.231 e. The van der Waals surface area contributed by atoms with E-state index >= 15 is 0 Å². The summed E-state index contributed by atoms with van der Waals surface area (Å²) in [5, 5.41) is 9.17. The maximum atomic E-state index is 5.41. The zero-order valence-corrected chi connectivity index (χ0v) is 11.8. The van der Waals surface area contributed by atoms with E-state index in [0.717, 1.165) is 27.9 Å². The Bertz CT molecular complexity index is 821. The minimum absolute atomic E-state index is 0.257. The van der Waals surface area contributed by atoms with Crippen molar-refractivity contribution < 1.29 is 9.47 Å². The lowest BCUT2D eigenvalue weighted by molar-refractivity contribution is 0.174. The highest BCUT2D eigenvalue weighted by Crippen LogP contribution is 2.35. The number of H-pyrrole nitrogens is 1. The molecule has 5 nitrogen and oxygen atoms in total. The average molecular weight is 303 g/mol. The summed E-state index contributed by atoms with van der Waals surface area (Å²) < 4.78 is 13.2. The third-order valence-electron chi connectivity index (χ3n) is 3.03. The van der Waals surface area contributed by atoms with Crippen LogP contribution in [0.2, 0.25) is 0 Å². The molecule has 7 heteroatoms. The van der Waals surface area contributed by atoms with Crippen molar-refractivity contribution in [1.29, 1.82) is 0 Å². The number of ether oxygens (including phenoxy) is 2. The second kappa shape index (κ2) is 4.46. The van der Waals surface area contributed by atoms with Crippen molar-refractivity contribution in [1.82, 2.24) is 14.8 Å². The second-order valence-electron chi connectivity index (χ2n) is 4.20. The highest BCUT2D eigenvalue weighted by Gasteiger charge is 2.17. The molecule has 0 atom stereocenters. The molecule has 0 amide bonds. The van der Waals surface area contributed by atoms with Gasteiger partial charge in [-0.1, -0.05) is 6.07 Å². The zero-order chi connectivity index (χ0) is 13.5. The number of aromatic nitrogens is 3.